The van der Waals surface area contributed by atoms with Gasteiger partial charge in [0.05, 0.1) is 17.2 Å². The van der Waals surface area contributed by atoms with Crippen LogP contribution in [0.2, 0.25) is 0 Å². The molecule has 1 atom stereocenters. The van der Waals surface area contributed by atoms with E-state index in [1.54, 1.807) is 0 Å². The molecule has 1 saturated heterocycles. The van der Waals surface area contributed by atoms with Gasteiger partial charge in [0.2, 0.25) is 5.91 Å². The lowest BCUT2D eigenvalue weighted by atomic mass is 9.74. The lowest BCUT2D eigenvalue weighted by Gasteiger charge is -2.46. The van der Waals surface area contributed by atoms with Crippen molar-refractivity contribution < 1.29 is 10.0 Å². The highest BCUT2D eigenvalue weighted by Crippen LogP contribution is 2.31. The van der Waals surface area contributed by atoms with Crippen molar-refractivity contribution in [2.24, 2.45) is 11.1 Å². The van der Waals surface area contributed by atoms with Gasteiger partial charge in [0, 0.05) is 12.1 Å². The van der Waals surface area contributed by atoms with Crippen molar-refractivity contribution >= 4 is 11.6 Å². The number of carbonyl (C=O) groups is 1. The average Bonchev–Trinajstić information content (AvgIpc) is 2.25. The van der Waals surface area contributed by atoms with E-state index in [-0.39, 0.29) is 17.4 Å². The minimum atomic E-state index is -0.483. The Morgan fingerprint density at radius 1 is 1.47 bits per heavy atom. The zero-order valence-corrected chi connectivity index (χ0v) is 12.7. The third kappa shape index (κ3) is 3.93. The first-order chi connectivity index (χ1) is 8.73. The van der Waals surface area contributed by atoms with Gasteiger partial charge < -0.3 is 15.8 Å². The molecule has 1 aliphatic rings. The number of amides is 1. The van der Waals surface area contributed by atoms with Crippen molar-refractivity contribution in [3.63, 3.8) is 0 Å². The van der Waals surface area contributed by atoms with Crippen LogP contribution in [0.15, 0.2) is 5.16 Å². The van der Waals surface area contributed by atoms with E-state index >= 15 is 0 Å². The lowest BCUT2D eigenvalue weighted by molar-refractivity contribution is -0.124. The largest absolute Gasteiger partial charge is 0.411 e. The lowest BCUT2D eigenvalue weighted by Crippen LogP contribution is -2.65. The number of rotatable bonds is 4. The van der Waals surface area contributed by atoms with Gasteiger partial charge in [-0.15, -0.1) is 0 Å². The zero-order valence-electron chi connectivity index (χ0n) is 12.7. The molecule has 1 heterocycles. The van der Waals surface area contributed by atoms with Crippen LogP contribution in [0.1, 0.15) is 53.9 Å². The maximum absolute atomic E-state index is 12.3. The number of nitrogens with one attached hydrogen (secondary N) is 2. The van der Waals surface area contributed by atoms with Gasteiger partial charge in [-0.1, -0.05) is 18.5 Å². The molecule has 1 aliphatic heterocycles. The molecule has 0 aromatic heterocycles. The first-order valence-electron chi connectivity index (χ1n) is 7.03. The van der Waals surface area contributed by atoms with E-state index < -0.39 is 5.54 Å². The van der Waals surface area contributed by atoms with Crippen LogP contribution in [-0.2, 0) is 4.79 Å². The molecule has 1 rings (SSSR count). The molecule has 1 unspecified atom stereocenters. The Bertz CT molecular complexity index is 362. The van der Waals surface area contributed by atoms with Gasteiger partial charge in [0.1, 0.15) is 0 Å². The number of oxime groups is 1. The topological polar surface area (TPSA) is 73.7 Å². The summed E-state index contributed by atoms with van der Waals surface area (Å²) in [5.74, 6) is -0.406. The summed E-state index contributed by atoms with van der Waals surface area (Å²) in [6.07, 6.45) is 2.65. The number of hydrogen-bond acceptors (Lipinski definition) is 4. The third-order valence-corrected chi connectivity index (χ3v) is 3.59. The standard InChI is InChI=1S/C14H27N3O2/c1-6-7-8-15-12(18)10-9-13(2,3)17-14(4,5)11(10)16-19/h10,17,19H,6-9H2,1-5H3,(H,15,18)/b16-11-. The molecule has 19 heavy (non-hydrogen) atoms. The second-order valence-electron chi connectivity index (χ2n) is 6.52. The van der Waals surface area contributed by atoms with Crippen LogP contribution in [0.4, 0.5) is 0 Å². The summed E-state index contributed by atoms with van der Waals surface area (Å²) in [6, 6.07) is 0. The van der Waals surface area contributed by atoms with E-state index in [4.69, 9.17) is 0 Å². The highest BCUT2D eigenvalue weighted by Gasteiger charge is 2.46. The Morgan fingerprint density at radius 2 is 2.11 bits per heavy atom. The summed E-state index contributed by atoms with van der Waals surface area (Å²) in [4.78, 5) is 12.3. The van der Waals surface area contributed by atoms with Crippen LogP contribution in [0, 0.1) is 5.92 Å². The molecule has 1 amide bonds. The molecule has 0 saturated carbocycles. The number of nitrogens with zero attached hydrogens (tertiary/aromatic N) is 1. The third-order valence-electron chi connectivity index (χ3n) is 3.59. The molecular weight excluding hydrogens is 242 g/mol. The molecule has 1 fully saturated rings. The van der Waals surface area contributed by atoms with Gasteiger partial charge in [0.15, 0.2) is 0 Å². The maximum Gasteiger partial charge on any atom is 0.229 e. The van der Waals surface area contributed by atoms with Crippen LogP contribution >= 0.6 is 0 Å². The second kappa shape index (κ2) is 5.90. The molecule has 110 valence electrons. The predicted octanol–water partition coefficient (Wildman–Crippen LogP) is 1.90. The van der Waals surface area contributed by atoms with Crippen LogP contribution in [-0.4, -0.2) is 34.4 Å². The SMILES string of the molecule is CCCCNC(=O)C1CC(C)(C)NC(C)(C)/C1=N\O. The smallest absolute Gasteiger partial charge is 0.229 e. The molecule has 5 heteroatoms. The van der Waals surface area contributed by atoms with E-state index in [0.717, 1.165) is 12.8 Å². The Labute approximate surface area is 115 Å². The quantitative estimate of drug-likeness (QED) is 0.414. The average molecular weight is 269 g/mol. The molecule has 0 bridgehead atoms. The monoisotopic (exact) mass is 269 g/mol. The minimum Gasteiger partial charge on any atom is -0.411 e. The molecule has 3 N–H and O–H groups in total. The molecular formula is C14H27N3O2. The summed E-state index contributed by atoms with van der Waals surface area (Å²) in [6.45, 7) is 10.8. The van der Waals surface area contributed by atoms with Gasteiger partial charge in [-0.05, 0) is 40.5 Å². The minimum absolute atomic E-state index is 0.0381. The molecule has 0 aliphatic carbocycles. The number of unbranched alkanes of at least 4 members (excludes halogenated alkanes) is 1. The fourth-order valence-corrected chi connectivity index (χ4v) is 2.93. The fourth-order valence-electron chi connectivity index (χ4n) is 2.93. The molecule has 0 aromatic rings. The number of piperidine rings is 1. The first-order valence-corrected chi connectivity index (χ1v) is 7.03. The van der Waals surface area contributed by atoms with Gasteiger partial charge in [-0.25, -0.2) is 0 Å². The Balaban J connectivity index is 2.86. The van der Waals surface area contributed by atoms with Crippen molar-refractivity contribution in [1.29, 1.82) is 0 Å². The maximum atomic E-state index is 12.3. The Hall–Kier alpha value is -1.10. The highest BCUT2D eigenvalue weighted by molar-refractivity contribution is 6.09. The fraction of sp³-hybridized carbons (Fsp3) is 0.857. The molecule has 0 aromatic carbocycles. The highest BCUT2D eigenvalue weighted by atomic mass is 16.4. The summed E-state index contributed by atoms with van der Waals surface area (Å²) in [5.41, 5.74) is -0.130. The summed E-state index contributed by atoms with van der Waals surface area (Å²) in [5, 5.41) is 19.0. The molecule has 5 nitrogen and oxygen atoms in total. The summed E-state index contributed by atoms with van der Waals surface area (Å²) >= 11 is 0. The van der Waals surface area contributed by atoms with Crippen LogP contribution in [0.5, 0.6) is 0 Å². The van der Waals surface area contributed by atoms with E-state index in [9.17, 15) is 10.0 Å². The van der Waals surface area contributed by atoms with Crippen molar-refractivity contribution in [2.75, 3.05) is 6.54 Å². The molecule has 0 radical (unpaired) electrons. The van der Waals surface area contributed by atoms with E-state index in [2.05, 4.69) is 36.6 Å². The van der Waals surface area contributed by atoms with Crippen LogP contribution in [0.25, 0.3) is 0 Å². The van der Waals surface area contributed by atoms with Gasteiger partial charge >= 0.3 is 0 Å². The Morgan fingerprint density at radius 3 is 2.63 bits per heavy atom. The van der Waals surface area contributed by atoms with E-state index in [1.165, 1.54) is 0 Å². The molecule has 0 spiro atoms. The van der Waals surface area contributed by atoms with Crippen LogP contribution in [0.3, 0.4) is 0 Å². The van der Waals surface area contributed by atoms with Gasteiger partial charge in [-0.3, -0.25) is 4.79 Å². The Kier molecular flexibility index (Phi) is 4.96. The first kappa shape index (κ1) is 16.0. The van der Waals surface area contributed by atoms with Crippen LogP contribution < -0.4 is 10.6 Å². The summed E-state index contributed by atoms with van der Waals surface area (Å²) < 4.78 is 0. The van der Waals surface area contributed by atoms with Gasteiger partial charge in [0.25, 0.3) is 0 Å². The van der Waals surface area contributed by atoms with Crippen molar-refractivity contribution in [1.82, 2.24) is 10.6 Å². The van der Waals surface area contributed by atoms with E-state index in [0.29, 0.717) is 18.7 Å². The number of carbonyl (C=O) groups excluding carboxylic acids is 1. The predicted molar refractivity (Wildman–Crippen MR) is 76.5 cm³/mol. The van der Waals surface area contributed by atoms with Gasteiger partial charge in [-0.2, -0.15) is 0 Å². The van der Waals surface area contributed by atoms with Crippen molar-refractivity contribution in [3.8, 4) is 0 Å². The summed E-state index contributed by atoms with van der Waals surface area (Å²) in [7, 11) is 0. The zero-order chi connectivity index (χ0) is 14.7. The number of hydrogen-bond donors (Lipinski definition) is 3. The van der Waals surface area contributed by atoms with E-state index in [1.807, 2.05) is 13.8 Å². The second-order valence-corrected chi connectivity index (χ2v) is 6.52. The van der Waals surface area contributed by atoms with Crippen molar-refractivity contribution in [2.45, 2.75) is 65.0 Å². The van der Waals surface area contributed by atoms with Crippen molar-refractivity contribution in [3.05, 3.63) is 0 Å². The normalized spacial score (nSPS) is 27.2.